The minimum Gasteiger partial charge on any atom is -0.310 e. The van der Waals surface area contributed by atoms with Crippen molar-refractivity contribution in [1.29, 1.82) is 0 Å². The van der Waals surface area contributed by atoms with E-state index in [2.05, 4.69) is 32.7 Å². The van der Waals surface area contributed by atoms with E-state index in [-0.39, 0.29) is 11.7 Å². The van der Waals surface area contributed by atoms with Gasteiger partial charge in [0.15, 0.2) is 0 Å². The number of nitrogens with one attached hydrogen (secondary N) is 1. The van der Waals surface area contributed by atoms with Crippen LogP contribution in [0.15, 0.2) is 47.6 Å². The predicted molar refractivity (Wildman–Crippen MR) is 118 cm³/mol. The molecule has 9 heteroatoms. The number of anilines is 1. The van der Waals surface area contributed by atoms with Gasteiger partial charge in [-0.05, 0) is 60.0 Å². The van der Waals surface area contributed by atoms with Gasteiger partial charge in [0.1, 0.15) is 0 Å². The number of carbonyl (C=O) groups excluding carboxylic acids is 1. The van der Waals surface area contributed by atoms with E-state index < -0.39 is 0 Å². The van der Waals surface area contributed by atoms with Crippen LogP contribution in [0.4, 0.5) is 5.95 Å². The fraction of sp³-hybridized carbons (Fsp3) is 0.286. The molecule has 30 heavy (non-hydrogen) atoms. The molecule has 2 heterocycles. The van der Waals surface area contributed by atoms with Crippen molar-refractivity contribution < 1.29 is 4.79 Å². The number of amides is 1. The molecule has 8 nitrogen and oxygen atoms in total. The molecule has 0 unspecified atom stereocenters. The van der Waals surface area contributed by atoms with Crippen molar-refractivity contribution in [2.24, 2.45) is 0 Å². The Balaban J connectivity index is 1.49. The first-order chi connectivity index (χ1) is 14.6. The minimum absolute atomic E-state index is 0.150. The Morgan fingerprint density at radius 1 is 1.17 bits per heavy atom. The number of fused-ring (bicyclic) bond motifs is 1. The number of hydrogen-bond acceptors (Lipinski definition) is 6. The van der Waals surface area contributed by atoms with Crippen molar-refractivity contribution >= 4 is 34.7 Å². The van der Waals surface area contributed by atoms with Crippen molar-refractivity contribution in [1.82, 2.24) is 29.8 Å². The third-order valence-electron chi connectivity index (χ3n) is 4.72. The second-order valence-corrected chi connectivity index (χ2v) is 8.02. The number of aromatic nitrogens is 6. The van der Waals surface area contributed by atoms with E-state index in [9.17, 15) is 4.79 Å². The summed E-state index contributed by atoms with van der Waals surface area (Å²) >= 11 is 1.29. The Bertz CT molecular complexity index is 1200. The van der Waals surface area contributed by atoms with Gasteiger partial charge in [0.05, 0.1) is 22.5 Å². The lowest BCUT2D eigenvalue weighted by Crippen LogP contribution is -2.18. The van der Waals surface area contributed by atoms with Crippen molar-refractivity contribution in [2.75, 3.05) is 11.1 Å². The summed E-state index contributed by atoms with van der Waals surface area (Å²) in [7, 11) is 0. The molecule has 4 rings (SSSR count). The zero-order chi connectivity index (χ0) is 21.1. The standard InChI is InChI=1S/C21H23N7OS/c1-4-11-27-17-8-6-5-7-16(17)22-20(27)23-19(29)13-30-21-24-25-26-28(21)18-12-14(2)9-10-15(18)3/h5-10,12H,4,11,13H2,1-3H3,(H,22,23,29). The lowest BCUT2D eigenvalue weighted by Gasteiger charge is -2.10. The zero-order valence-electron chi connectivity index (χ0n) is 17.2. The number of imidazole rings is 1. The van der Waals surface area contributed by atoms with E-state index in [1.807, 2.05) is 60.9 Å². The highest BCUT2D eigenvalue weighted by Gasteiger charge is 2.16. The number of hydrogen-bond donors (Lipinski definition) is 1. The number of tetrazole rings is 1. The van der Waals surface area contributed by atoms with Crippen molar-refractivity contribution in [2.45, 2.75) is 38.9 Å². The molecule has 0 saturated carbocycles. The lowest BCUT2D eigenvalue weighted by molar-refractivity contribution is -0.113. The summed E-state index contributed by atoms with van der Waals surface area (Å²) in [5.41, 5.74) is 4.98. The van der Waals surface area contributed by atoms with Crippen LogP contribution in [0.2, 0.25) is 0 Å². The highest BCUT2D eigenvalue weighted by Crippen LogP contribution is 2.23. The largest absolute Gasteiger partial charge is 0.310 e. The van der Waals surface area contributed by atoms with Crippen LogP contribution in [0, 0.1) is 13.8 Å². The van der Waals surface area contributed by atoms with E-state index in [0.29, 0.717) is 11.1 Å². The Morgan fingerprint density at radius 2 is 2.00 bits per heavy atom. The van der Waals surface area contributed by atoms with Gasteiger partial charge >= 0.3 is 0 Å². The molecule has 0 spiro atoms. The highest BCUT2D eigenvalue weighted by atomic mass is 32.2. The SMILES string of the molecule is CCCn1c(NC(=O)CSc2nnnn2-c2cc(C)ccc2C)nc2ccccc21. The molecule has 0 fully saturated rings. The third kappa shape index (κ3) is 4.06. The first kappa shape index (κ1) is 20.1. The van der Waals surface area contributed by atoms with Crippen LogP contribution in [0.3, 0.4) is 0 Å². The van der Waals surface area contributed by atoms with E-state index in [1.165, 1.54) is 11.8 Å². The van der Waals surface area contributed by atoms with Crippen LogP contribution in [-0.2, 0) is 11.3 Å². The molecule has 0 aliphatic heterocycles. The highest BCUT2D eigenvalue weighted by molar-refractivity contribution is 7.99. The average Bonchev–Trinajstić information content (AvgIpc) is 3.33. The summed E-state index contributed by atoms with van der Waals surface area (Å²) in [5.74, 6) is 0.599. The molecule has 0 saturated heterocycles. The normalized spacial score (nSPS) is 11.2. The third-order valence-corrected chi connectivity index (χ3v) is 5.64. The summed E-state index contributed by atoms with van der Waals surface area (Å²) in [6.45, 7) is 6.92. The quantitative estimate of drug-likeness (QED) is 0.457. The van der Waals surface area contributed by atoms with Gasteiger partial charge in [0.25, 0.3) is 0 Å². The Morgan fingerprint density at radius 3 is 2.83 bits per heavy atom. The van der Waals surface area contributed by atoms with Gasteiger partial charge in [-0.3, -0.25) is 10.1 Å². The summed E-state index contributed by atoms with van der Waals surface area (Å²) < 4.78 is 3.71. The van der Waals surface area contributed by atoms with Gasteiger partial charge in [-0.2, -0.15) is 4.68 Å². The topological polar surface area (TPSA) is 90.5 Å². The average molecular weight is 422 g/mol. The number of thioether (sulfide) groups is 1. The Hall–Kier alpha value is -3.20. The van der Waals surface area contributed by atoms with Crippen LogP contribution < -0.4 is 5.32 Å². The molecule has 1 amide bonds. The maximum atomic E-state index is 12.6. The van der Waals surface area contributed by atoms with Crippen LogP contribution in [-0.4, -0.2) is 41.4 Å². The first-order valence-corrected chi connectivity index (χ1v) is 10.8. The predicted octanol–water partition coefficient (Wildman–Crippen LogP) is 3.77. The van der Waals surface area contributed by atoms with Crippen LogP contribution in [0.5, 0.6) is 0 Å². The van der Waals surface area contributed by atoms with Gasteiger partial charge in [-0.15, -0.1) is 5.10 Å². The minimum atomic E-state index is -0.150. The van der Waals surface area contributed by atoms with Crippen molar-refractivity contribution in [3.63, 3.8) is 0 Å². The fourth-order valence-corrected chi connectivity index (χ4v) is 3.96. The number of aryl methyl sites for hydroxylation is 3. The molecule has 0 aliphatic carbocycles. The molecule has 2 aromatic carbocycles. The fourth-order valence-electron chi connectivity index (χ4n) is 3.28. The Labute approximate surface area is 178 Å². The summed E-state index contributed by atoms with van der Waals surface area (Å²) in [6, 6.07) is 14.0. The molecule has 154 valence electrons. The second kappa shape index (κ2) is 8.66. The smallest absolute Gasteiger partial charge is 0.237 e. The number of para-hydroxylation sites is 2. The molecule has 4 aromatic rings. The van der Waals surface area contributed by atoms with E-state index >= 15 is 0 Å². The lowest BCUT2D eigenvalue weighted by atomic mass is 10.1. The summed E-state index contributed by atoms with van der Waals surface area (Å²) in [5, 5.41) is 15.5. The molecule has 0 bridgehead atoms. The molecule has 0 radical (unpaired) electrons. The first-order valence-electron chi connectivity index (χ1n) is 9.80. The summed E-state index contributed by atoms with van der Waals surface area (Å²) in [6.07, 6.45) is 0.947. The van der Waals surface area contributed by atoms with Crippen LogP contribution >= 0.6 is 11.8 Å². The molecule has 0 atom stereocenters. The molecule has 0 aliphatic rings. The molecule has 1 N–H and O–H groups in total. The number of carbonyl (C=O) groups is 1. The van der Waals surface area contributed by atoms with Crippen molar-refractivity contribution in [3.05, 3.63) is 53.6 Å². The molecular weight excluding hydrogens is 398 g/mol. The Kier molecular flexibility index (Phi) is 5.80. The summed E-state index contributed by atoms with van der Waals surface area (Å²) in [4.78, 5) is 17.2. The van der Waals surface area contributed by atoms with E-state index in [4.69, 9.17) is 0 Å². The van der Waals surface area contributed by atoms with Gasteiger partial charge in [0, 0.05) is 6.54 Å². The van der Waals surface area contributed by atoms with Gasteiger partial charge in [0.2, 0.25) is 17.0 Å². The molecule has 2 aromatic heterocycles. The second-order valence-electron chi connectivity index (χ2n) is 7.08. The van der Waals surface area contributed by atoms with Gasteiger partial charge in [-0.25, -0.2) is 4.98 Å². The van der Waals surface area contributed by atoms with Crippen molar-refractivity contribution in [3.8, 4) is 5.69 Å². The maximum absolute atomic E-state index is 12.6. The van der Waals surface area contributed by atoms with E-state index in [0.717, 1.165) is 40.8 Å². The van der Waals surface area contributed by atoms with Crippen LogP contribution in [0.1, 0.15) is 24.5 Å². The number of benzene rings is 2. The zero-order valence-corrected chi connectivity index (χ0v) is 18.0. The monoisotopic (exact) mass is 421 g/mol. The van der Waals surface area contributed by atoms with Gasteiger partial charge < -0.3 is 4.57 Å². The maximum Gasteiger partial charge on any atom is 0.237 e. The van der Waals surface area contributed by atoms with Crippen LogP contribution in [0.25, 0.3) is 16.7 Å². The number of rotatable bonds is 7. The molecular formula is C21H23N7OS. The van der Waals surface area contributed by atoms with Gasteiger partial charge in [-0.1, -0.05) is 43.0 Å². The number of nitrogens with zero attached hydrogens (tertiary/aromatic N) is 6. The van der Waals surface area contributed by atoms with E-state index in [1.54, 1.807) is 4.68 Å².